The molecule has 4 nitrogen and oxygen atoms in total. The fraction of sp³-hybridized carbons (Fsp3) is 0.526. The molecule has 2 aromatic rings. The topological polar surface area (TPSA) is 33.1 Å². The van der Waals surface area contributed by atoms with Gasteiger partial charge in [-0.15, -0.1) is 0 Å². The summed E-state index contributed by atoms with van der Waals surface area (Å²) >= 11 is 0. The third kappa shape index (κ3) is 4.21. The summed E-state index contributed by atoms with van der Waals surface area (Å²) in [5, 5.41) is 3.72. The van der Waals surface area contributed by atoms with Gasteiger partial charge >= 0.3 is 0 Å². The van der Waals surface area contributed by atoms with Gasteiger partial charge in [-0.3, -0.25) is 4.90 Å². The molecule has 0 saturated carbocycles. The minimum atomic E-state index is 0.300. The van der Waals surface area contributed by atoms with Crippen LogP contribution < -0.4 is 5.32 Å². The molecule has 2 heterocycles. The van der Waals surface area contributed by atoms with Crippen LogP contribution in [0, 0.1) is 0 Å². The Balaban J connectivity index is 1.48. The lowest BCUT2D eigenvalue weighted by Gasteiger charge is -2.41. The third-order valence-corrected chi connectivity index (χ3v) is 4.78. The summed E-state index contributed by atoms with van der Waals surface area (Å²) in [6.07, 6.45) is 8.08. The lowest BCUT2D eigenvalue weighted by atomic mass is 9.98. The first-order chi connectivity index (χ1) is 11.0. The number of hydrogen-bond donors (Lipinski definition) is 1. The number of piperidine rings is 1. The molecule has 1 fully saturated rings. The molecule has 23 heavy (non-hydrogen) atoms. The van der Waals surface area contributed by atoms with Gasteiger partial charge in [0.25, 0.3) is 0 Å². The third-order valence-electron chi connectivity index (χ3n) is 4.78. The molecule has 1 saturated heterocycles. The first kappa shape index (κ1) is 16.2. The molecule has 0 radical (unpaired) electrons. The number of aromatic nitrogens is 2. The van der Waals surface area contributed by atoms with E-state index < -0.39 is 0 Å². The highest BCUT2D eigenvalue weighted by Gasteiger charge is 2.26. The van der Waals surface area contributed by atoms with E-state index in [1.54, 1.807) is 6.20 Å². The van der Waals surface area contributed by atoms with Gasteiger partial charge in [-0.2, -0.15) is 0 Å². The van der Waals surface area contributed by atoms with Crippen LogP contribution in [0.2, 0.25) is 0 Å². The summed E-state index contributed by atoms with van der Waals surface area (Å²) in [5.41, 5.74) is 2.80. The molecular formula is C19H28N4. The molecule has 0 atom stereocenters. The van der Waals surface area contributed by atoms with Crippen molar-refractivity contribution in [1.82, 2.24) is 19.8 Å². The number of hydrogen-bond acceptors (Lipinski definition) is 3. The molecule has 1 aromatic carbocycles. The Morgan fingerprint density at radius 3 is 2.39 bits per heavy atom. The smallest absolute Gasteiger partial charge is 0.0991 e. The maximum atomic E-state index is 4.09. The van der Waals surface area contributed by atoms with Crippen LogP contribution >= 0.6 is 0 Å². The number of nitrogens with zero attached hydrogens (tertiary/aromatic N) is 3. The molecule has 0 aliphatic carbocycles. The van der Waals surface area contributed by atoms with Crippen molar-refractivity contribution < 1.29 is 0 Å². The van der Waals surface area contributed by atoms with E-state index >= 15 is 0 Å². The Morgan fingerprint density at radius 2 is 1.83 bits per heavy atom. The van der Waals surface area contributed by atoms with Crippen molar-refractivity contribution in [2.24, 2.45) is 0 Å². The van der Waals surface area contributed by atoms with Crippen LogP contribution in [0.3, 0.4) is 0 Å². The highest BCUT2D eigenvalue weighted by molar-refractivity contribution is 5.34. The zero-order chi connectivity index (χ0) is 16.3. The summed E-state index contributed by atoms with van der Waals surface area (Å²) in [4.78, 5) is 6.68. The SMILES string of the molecule is CC(C)(C)N1CCC(NCc2ccc(-n3ccnc3)cc2)CC1. The van der Waals surface area contributed by atoms with Crippen molar-refractivity contribution in [3.63, 3.8) is 0 Å². The van der Waals surface area contributed by atoms with Crippen molar-refractivity contribution in [2.45, 2.75) is 51.7 Å². The highest BCUT2D eigenvalue weighted by Crippen LogP contribution is 2.20. The first-order valence-electron chi connectivity index (χ1n) is 8.58. The van der Waals surface area contributed by atoms with Crippen LogP contribution in [0.4, 0.5) is 0 Å². The maximum Gasteiger partial charge on any atom is 0.0991 e. The number of benzene rings is 1. The Hall–Kier alpha value is -1.65. The zero-order valence-corrected chi connectivity index (χ0v) is 14.5. The normalized spacial score (nSPS) is 17.5. The predicted molar refractivity (Wildman–Crippen MR) is 94.8 cm³/mol. The second kappa shape index (κ2) is 6.85. The molecule has 0 bridgehead atoms. The van der Waals surface area contributed by atoms with E-state index in [9.17, 15) is 0 Å². The molecule has 4 heteroatoms. The fourth-order valence-electron chi connectivity index (χ4n) is 3.21. The number of imidazole rings is 1. The monoisotopic (exact) mass is 312 g/mol. The van der Waals surface area contributed by atoms with Crippen molar-refractivity contribution in [3.8, 4) is 5.69 Å². The molecular weight excluding hydrogens is 284 g/mol. The summed E-state index contributed by atoms with van der Waals surface area (Å²) in [6.45, 7) is 10.3. The lowest BCUT2D eigenvalue weighted by molar-refractivity contribution is 0.0960. The van der Waals surface area contributed by atoms with Gasteiger partial charge in [0.15, 0.2) is 0 Å². The average molecular weight is 312 g/mol. The molecule has 1 N–H and O–H groups in total. The van der Waals surface area contributed by atoms with Crippen molar-refractivity contribution in [2.75, 3.05) is 13.1 Å². The minimum absolute atomic E-state index is 0.300. The van der Waals surface area contributed by atoms with Gasteiger partial charge in [0.1, 0.15) is 0 Å². The van der Waals surface area contributed by atoms with Gasteiger partial charge in [0.05, 0.1) is 6.33 Å². The van der Waals surface area contributed by atoms with Gasteiger partial charge < -0.3 is 9.88 Å². The number of likely N-dealkylation sites (tertiary alicyclic amines) is 1. The van der Waals surface area contributed by atoms with Gasteiger partial charge in [-0.1, -0.05) is 12.1 Å². The van der Waals surface area contributed by atoms with E-state index in [-0.39, 0.29) is 0 Å². The maximum absolute atomic E-state index is 4.09. The van der Waals surface area contributed by atoms with Gasteiger partial charge in [-0.25, -0.2) is 4.98 Å². The lowest BCUT2D eigenvalue weighted by Crippen LogP contribution is -2.49. The van der Waals surface area contributed by atoms with Crippen LogP contribution in [0.15, 0.2) is 43.0 Å². The molecule has 1 aromatic heterocycles. The van der Waals surface area contributed by atoms with E-state index in [0.29, 0.717) is 11.6 Å². The fourth-order valence-corrected chi connectivity index (χ4v) is 3.21. The van der Waals surface area contributed by atoms with Crippen LogP contribution in [0.5, 0.6) is 0 Å². The summed E-state index contributed by atoms with van der Waals surface area (Å²) < 4.78 is 2.03. The van der Waals surface area contributed by atoms with Gasteiger partial charge in [-0.05, 0) is 51.3 Å². The molecule has 0 amide bonds. The van der Waals surface area contributed by atoms with Crippen LogP contribution in [-0.2, 0) is 6.54 Å². The molecule has 3 rings (SSSR count). The van der Waals surface area contributed by atoms with E-state index in [0.717, 1.165) is 12.2 Å². The zero-order valence-electron chi connectivity index (χ0n) is 14.5. The largest absolute Gasteiger partial charge is 0.310 e. The molecule has 0 unspecified atom stereocenters. The Kier molecular flexibility index (Phi) is 4.83. The highest BCUT2D eigenvalue weighted by atomic mass is 15.2. The van der Waals surface area contributed by atoms with Crippen LogP contribution in [0.1, 0.15) is 39.2 Å². The first-order valence-corrected chi connectivity index (χ1v) is 8.58. The van der Waals surface area contributed by atoms with Gasteiger partial charge in [0, 0.05) is 49.3 Å². The summed E-state index contributed by atoms with van der Waals surface area (Å²) in [7, 11) is 0. The Bertz CT molecular complexity index is 587. The van der Waals surface area contributed by atoms with Crippen LogP contribution in [-0.4, -0.2) is 39.1 Å². The minimum Gasteiger partial charge on any atom is -0.310 e. The van der Waals surface area contributed by atoms with E-state index in [2.05, 4.69) is 60.2 Å². The second-order valence-electron chi connectivity index (χ2n) is 7.45. The standard InChI is InChI=1S/C19H28N4/c1-19(2,3)23-11-8-17(9-12-23)21-14-16-4-6-18(7-5-16)22-13-10-20-15-22/h4-7,10,13,15,17,21H,8-9,11-12,14H2,1-3H3. The van der Waals surface area contributed by atoms with Crippen molar-refractivity contribution in [1.29, 1.82) is 0 Å². The quantitative estimate of drug-likeness (QED) is 0.941. The molecule has 1 aliphatic rings. The Labute approximate surface area is 139 Å². The van der Waals surface area contributed by atoms with E-state index in [4.69, 9.17) is 0 Å². The predicted octanol–water partition coefficient (Wildman–Crippen LogP) is 3.22. The summed E-state index contributed by atoms with van der Waals surface area (Å²) in [6, 6.07) is 9.35. The Morgan fingerprint density at radius 1 is 1.13 bits per heavy atom. The number of rotatable bonds is 4. The van der Waals surface area contributed by atoms with Crippen molar-refractivity contribution >= 4 is 0 Å². The molecule has 0 spiro atoms. The molecule has 1 aliphatic heterocycles. The number of nitrogens with one attached hydrogen (secondary N) is 1. The van der Waals surface area contributed by atoms with E-state index in [1.165, 1.54) is 31.5 Å². The van der Waals surface area contributed by atoms with Crippen LogP contribution in [0.25, 0.3) is 5.69 Å². The van der Waals surface area contributed by atoms with E-state index in [1.807, 2.05) is 17.1 Å². The second-order valence-corrected chi connectivity index (χ2v) is 7.45. The van der Waals surface area contributed by atoms with Crippen molar-refractivity contribution in [3.05, 3.63) is 48.5 Å². The van der Waals surface area contributed by atoms with Gasteiger partial charge in [0.2, 0.25) is 0 Å². The molecule has 124 valence electrons. The average Bonchev–Trinajstić information content (AvgIpc) is 3.07. The summed E-state index contributed by atoms with van der Waals surface area (Å²) in [5.74, 6) is 0.